The van der Waals surface area contributed by atoms with Gasteiger partial charge in [-0.1, -0.05) is 6.07 Å². The third-order valence-electron chi connectivity index (χ3n) is 2.31. The Kier molecular flexibility index (Phi) is 6.21. The number of nitrogens with zero attached hydrogens (tertiary/aromatic N) is 2. The van der Waals surface area contributed by atoms with Crippen molar-refractivity contribution in [3.8, 4) is 0 Å². The van der Waals surface area contributed by atoms with E-state index >= 15 is 0 Å². The summed E-state index contributed by atoms with van der Waals surface area (Å²) in [5, 5.41) is 8.46. The molecule has 6 heteroatoms. The number of hydrogen-bond acceptors (Lipinski definition) is 4. The zero-order valence-corrected chi connectivity index (χ0v) is 11.0. The van der Waals surface area contributed by atoms with E-state index in [2.05, 4.69) is 4.98 Å². The number of rotatable bonds is 7. The van der Waals surface area contributed by atoms with E-state index in [4.69, 9.17) is 5.11 Å². The molecule has 0 saturated heterocycles. The first-order chi connectivity index (χ1) is 8.59. The minimum absolute atomic E-state index is 0.0418. The van der Waals surface area contributed by atoms with Crippen LogP contribution in [0.3, 0.4) is 0 Å². The Morgan fingerprint density at radius 2 is 2.17 bits per heavy atom. The topological polar surface area (TPSA) is 70.5 Å². The maximum Gasteiger partial charge on any atom is 0.313 e. The molecule has 0 fully saturated rings. The van der Waals surface area contributed by atoms with Gasteiger partial charge in [-0.25, -0.2) is 0 Å². The molecule has 0 unspecified atom stereocenters. The van der Waals surface area contributed by atoms with Crippen LogP contribution in [0.1, 0.15) is 5.69 Å². The third-order valence-corrected chi connectivity index (χ3v) is 3.21. The Labute approximate surface area is 110 Å². The van der Waals surface area contributed by atoms with Crippen molar-refractivity contribution in [3.05, 3.63) is 30.1 Å². The highest BCUT2D eigenvalue weighted by Gasteiger charge is 2.09. The van der Waals surface area contributed by atoms with E-state index in [1.54, 1.807) is 18.1 Å². The van der Waals surface area contributed by atoms with Gasteiger partial charge in [0.25, 0.3) is 0 Å². The second-order valence-electron chi connectivity index (χ2n) is 3.77. The number of aliphatic carboxylic acids is 1. The van der Waals surface area contributed by atoms with Crippen molar-refractivity contribution in [1.82, 2.24) is 9.88 Å². The lowest BCUT2D eigenvalue weighted by Gasteiger charge is -2.16. The van der Waals surface area contributed by atoms with Gasteiger partial charge in [-0.2, -0.15) is 0 Å². The lowest BCUT2D eigenvalue weighted by atomic mass is 10.2. The molecule has 1 heterocycles. The molecule has 1 N–H and O–H groups in total. The minimum Gasteiger partial charge on any atom is -0.481 e. The van der Waals surface area contributed by atoms with Gasteiger partial charge in [0.15, 0.2) is 0 Å². The Balaban J connectivity index is 2.25. The van der Waals surface area contributed by atoms with E-state index in [0.717, 1.165) is 17.5 Å². The van der Waals surface area contributed by atoms with E-state index < -0.39 is 5.97 Å². The summed E-state index contributed by atoms with van der Waals surface area (Å²) in [5.74, 6) is -0.800. The molecule has 18 heavy (non-hydrogen) atoms. The first-order valence-corrected chi connectivity index (χ1v) is 6.68. The number of carboxylic acids is 1. The lowest BCUT2D eigenvalue weighted by molar-refractivity contribution is -0.133. The van der Waals surface area contributed by atoms with Gasteiger partial charge in [-0.3, -0.25) is 14.6 Å². The summed E-state index contributed by atoms with van der Waals surface area (Å²) < 4.78 is 0. The fourth-order valence-electron chi connectivity index (χ4n) is 1.29. The highest BCUT2D eigenvalue weighted by atomic mass is 32.2. The first-order valence-electron chi connectivity index (χ1n) is 5.53. The number of hydrogen-bond donors (Lipinski definition) is 1. The van der Waals surface area contributed by atoms with Crippen LogP contribution in [0, 0.1) is 0 Å². The number of carbonyl (C=O) groups is 2. The van der Waals surface area contributed by atoms with Gasteiger partial charge in [0.05, 0.1) is 11.5 Å². The van der Waals surface area contributed by atoms with E-state index in [1.165, 1.54) is 0 Å². The molecular weight excluding hydrogens is 252 g/mol. The van der Waals surface area contributed by atoms with Gasteiger partial charge in [0.1, 0.15) is 0 Å². The van der Waals surface area contributed by atoms with Crippen molar-refractivity contribution in [3.63, 3.8) is 0 Å². The minimum atomic E-state index is -0.899. The number of thioether (sulfide) groups is 1. The average molecular weight is 268 g/mol. The summed E-state index contributed by atoms with van der Waals surface area (Å²) in [5.41, 5.74) is 0.940. The fourth-order valence-corrected chi connectivity index (χ4v) is 1.96. The maximum absolute atomic E-state index is 11.6. The van der Waals surface area contributed by atoms with Gasteiger partial charge < -0.3 is 10.0 Å². The highest BCUT2D eigenvalue weighted by Crippen LogP contribution is 2.03. The second-order valence-corrected chi connectivity index (χ2v) is 4.76. The lowest BCUT2D eigenvalue weighted by Crippen LogP contribution is -2.30. The second kappa shape index (κ2) is 7.71. The van der Waals surface area contributed by atoms with Crippen LogP contribution in [0.4, 0.5) is 0 Å². The van der Waals surface area contributed by atoms with Crippen LogP contribution in [-0.2, 0) is 16.0 Å². The van der Waals surface area contributed by atoms with Crippen LogP contribution in [0.25, 0.3) is 0 Å². The quantitative estimate of drug-likeness (QED) is 0.795. The summed E-state index contributed by atoms with van der Waals surface area (Å²) in [7, 11) is 1.71. The Morgan fingerprint density at radius 3 is 2.78 bits per heavy atom. The van der Waals surface area contributed by atoms with Crippen LogP contribution in [0.15, 0.2) is 24.4 Å². The van der Waals surface area contributed by atoms with Crippen molar-refractivity contribution >= 4 is 23.6 Å². The zero-order chi connectivity index (χ0) is 13.4. The summed E-state index contributed by atoms with van der Waals surface area (Å²) in [6.45, 7) is 0.587. The predicted molar refractivity (Wildman–Crippen MR) is 70.5 cm³/mol. The summed E-state index contributed by atoms with van der Waals surface area (Å²) in [6.07, 6.45) is 2.42. The fraction of sp³-hybridized carbons (Fsp3) is 0.417. The Hall–Kier alpha value is -1.56. The van der Waals surface area contributed by atoms with E-state index in [1.807, 2.05) is 18.2 Å². The molecule has 0 aliphatic rings. The van der Waals surface area contributed by atoms with Gasteiger partial charge in [0.2, 0.25) is 5.91 Å². The number of carboxylic acid groups (broad SMARTS) is 1. The van der Waals surface area contributed by atoms with E-state index in [0.29, 0.717) is 13.0 Å². The van der Waals surface area contributed by atoms with Crippen LogP contribution in [-0.4, -0.2) is 52.0 Å². The molecule has 98 valence electrons. The molecule has 0 spiro atoms. The number of amides is 1. The molecule has 0 aliphatic heterocycles. The molecule has 1 rings (SSSR count). The number of likely N-dealkylation sites (N-methyl/N-ethyl adjacent to an activating group) is 1. The van der Waals surface area contributed by atoms with Crippen LogP contribution >= 0.6 is 11.8 Å². The standard InChI is InChI=1S/C12H16N2O3S/c1-14(11(15)8-18-9-12(16)17)7-5-10-4-2-3-6-13-10/h2-4,6H,5,7-9H2,1H3,(H,16,17). The van der Waals surface area contributed by atoms with E-state index in [-0.39, 0.29) is 17.4 Å². The maximum atomic E-state index is 11.6. The number of aromatic nitrogens is 1. The van der Waals surface area contributed by atoms with Crippen molar-refractivity contribution < 1.29 is 14.7 Å². The molecule has 0 saturated carbocycles. The van der Waals surface area contributed by atoms with Crippen molar-refractivity contribution in [1.29, 1.82) is 0 Å². The summed E-state index contributed by atoms with van der Waals surface area (Å²) in [6, 6.07) is 5.67. The molecule has 5 nitrogen and oxygen atoms in total. The average Bonchev–Trinajstić information content (AvgIpc) is 2.36. The van der Waals surface area contributed by atoms with Crippen LogP contribution in [0.5, 0.6) is 0 Å². The Bertz CT molecular complexity index is 398. The van der Waals surface area contributed by atoms with Crippen LogP contribution in [0.2, 0.25) is 0 Å². The van der Waals surface area contributed by atoms with Gasteiger partial charge in [-0.15, -0.1) is 11.8 Å². The normalized spacial score (nSPS) is 10.1. The molecular formula is C12H16N2O3S. The molecule has 0 atom stereocenters. The monoisotopic (exact) mass is 268 g/mol. The molecule has 0 aromatic carbocycles. The predicted octanol–water partition coefficient (Wildman–Crippen LogP) is 0.900. The molecule has 0 radical (unpaired) electrons. The Morgan fingerprint density at radius 1 is 1.39 bits per heavy atom. The van der Waals surface area contributed by atoms with Gasteiger partial charge in [0, 0.05) is 31.9 Å². The smallest absolute Gasteiger partial charge is 0.313 e. The SMILES string of the molecule is CN(CCc1ccccn1)C(=O)CSCC(=O)O. The number of pyridine rings is 1. The van der Waals surface area contributed by atoms with Gasteiger partial charge in [-0.05, 0) is 12.1 Å². The molecule has 0 bridgehead atoms. The van der Waals surface area contributed by atoms with Crippen molar-refractivity contribution in [2.45, 2.75) is 6.42 Å². The van der Waals surface area contributed by atoms with Crippen molar-refractivity contribution in [2.75, 3.05) is 25.1 Å². The van der Waals surface area contributed by atoms with Crippen molar-refractivity contribution in [2.24, 2.45) is 0 Å². The van der Waals surface area contributed by atoms with E-state index in [9.17, 15) is 9.59 Å². The largest absolute Gasteiger partial charge is 0.481 e. The highest BCUT2D eigenvalue weighted by molar-refractivity contribution is 8.00. The van der Waals surface area contributed by atoms with Gasteiger partial charge >= 0.3 is 5.97 Å². The van der Waals surface area contributed by atoms with Crippen LogP contribution < -0.4 is 0 Å². The number of carbonyl (C=O) groups excluding carboxylic acids is 1. The molecule has 1 aromatic rings. The zero-order valence-electron chi connectivity index (χ0n) is 10.2. The third kappa shape index (κ3) is 5.67. The molecule has 1 amide bonds. The summed E-state index contributed by atoms with van der Waals surface area (Å²) >= 11 is 1.11. The first kappa shape index (κ1) is 14.5. The summed E-state index contributed by atoms with van der Waals surface area (Å²) in [4.78, 5) is 27.7. The molecule has 0 aliphatic carbocycles. The molecule has 1 aromatic heterocycles.